The third-order valence-corrected chi connectivity index (χ3v) is 4.13. The second-order valence-electron chi connectivity index (χ2n) is 3.32. The molecule has 0 aliphatic heterocycles. The van der Waals surface area contributed by atoms with Gasteiger partial charge in [-0.2, -0.15) is 0 Å². The van der Waals surface area contributed by atoms with Gasteiger partial charge in [-0.1, -0.05) is 33.6 Å². The Balaban J connectivity index is 2.53. The molecule has 0 radical (unpaired) electrons. The zero-order valence-corrected chi connectivity index (χ0v) is 11.6. The number of thiophene rings is 1. The molecule has 1 aromatic carbocycles. The molecule has 1 aromatic heterocycles. The Hall–Kier alpha value is -1.04. The molecular weight excluding hydrogens is 326 g/mol. The van der Waals surface area contributed by atoms with Gasteiger partial charge < -0.3 is 10.8 Å². The molecule has 0 fully saturated rings. The molecule has 3 N–H and O–H groups in total. The number of aromatic carboxylic acids is 1. The highest BCUT2D eigenvalue weighted by molar-refractivity contribution is 9.10. The van der Waals surface area contributed by atoms with Gasteiger partial charge in [0, 0.05) is 14.9 Å². The number of halogens is 2. The molecule has 0 aliphatic rings. The van der Waals surface area contributed by atoms with Crippen LogP contribution in [0, 0.1) is 0 Å². The third-order valence-electron chi connectivity index (χ3n) is 2.15. The van der Waals surface area contributed by atoms with Gasteiger partial charge in [-0.05, 0) is 18.2 Å². The predicted molar refractivity (Wildman–Crippen MR) is 73.8 cm³/mol. The van der Waals surface area contributed by atoms with E-state index in [1.54, 1.807) is 12.1 Å². The van der Waals surface area contributed by atoms with Crippen molar-refractivity contribution in [1.82, 2.24) is 0 Å². The molecule has 17 heavy (non-hydrogen) atoms. The van der Waals surface area contributed by atoms with Gasteiger partial charge in [0.05, 0.1) is 10.7 Å². The van der Waals surface area contributed by atoms with E-state index in [0.29, 0.717) is 5.02 Å². The molecule has 0 saturated carbocycles. The van der Waals surface area contributed by atoms with Gasteiger partial charge >= 0.3 is 5.97 Å². The molecular formula is C11H7BrClNO2S. The molecule has 1 heterocycles. The van der Waals surface area contributed by atoms with E-state index in [9.17, 15) is 4.79 Å². The van der Waals surface area contributed by atoms with Crippen LogP contribution in [0.3, 0.4) is 0 Å². The van der Waals surface area contributed by atoms with Crippen molar-refractivity contribution >= 4 is 50.5 Å². The number of nitrogens with two attached hydrogens (primary N) is 1. The maximum atomic E-state index is 10.9. The van der Waals surface area contributed by atoms with Crippen molar-refractivity contribution < 1.29 is 9.90 Å². The standard InChI is InChI=1S/C11H7BrClNO2S/c12-5-1-2-6(7(13)3-5)9-4-8(14)10(17-9)11(15)16/h1-4H,14H2,(H,15,16). The Morgan fingerprint density at radius 2 is 2.12 bits per heavy atom. The highest BCUT2D eigenvalue weighted by atomic mass is 79.9. The monoisotopic (exact) mass is 331 g/mol. The number of rotatable bonds is 2. The summed E-state index contributed by atoms with van der Waals surface area (Å²) >= 11 is 10.5. The minimum Gasteiger partial charge on any atom is -0.477 e. The minimum atomic E-state index is -1.02. The Morgan fingerprint density at radius 3 is 2.65 bits per heavy atom. The summed E-state index contributed by atoms with van der Waals surface area (Å²) in [7, 11) is 0. The Labute approximate surface area is 115 Å². The van der Waals surface area contributed by atoms with Crippen molar-refractivity contribution in [2.24, 2.45) is 0 Å². The van der Waals surface area contributed by atoms with Crippen LogP contribution in [0.2, 0.25) is 5.02 Å². The first-order valence-corrected chi connectivity index (χ1v) is 6.56. The number of nitrogen functional groups attached to an aromatic ring is 1. The third kappa shape index (κ3) is 2.46. The number of hydrogen-bond donors (Lipinski definition) is 2. The zero-order chi connectivity index (χ0) is 12.6. The van der Waals surface area contributed by atoms with Crippen LogP contribution in [-0.2, 0) is 0 Å². The number of carbonyl (C=O) groups is 1. The Bertz CT molecular complexity index is 597. The molecule has 0 saturated heterocycles. The lowest BCUT2D eigenvalue weighted by Crippen LogP contribution is -1.96. The molecule has 88 valence electrons. The summed E-state index contributed by atoms with van der Waals surface area (Å²) in [6.07, 6.45) is 0. The highest BCUT2D eigenvalue weighted by Crippen LogP contribution is 2.37. The molecule has 6 heteroatoms. The SMILES string of the molecule is Nc1cc(-c2ccc(Br)cc2Cl)sc1C(=O)O. The first-order valence-electron chi connectivity index (χ1n) is 4.57. The van der Waals surface area contributed by atoms with Crippen molar-refractivity contribution in [2.75, 3.05) is 5.73 Å². The molecule has 0 bridgehead atoms. The van der Waals surface area contributed by atoms with Gasteiger partial charge in [-0.15, -0.1) is 11.3 Å². The van der Waals surface area contributed by atoms with E-state index in [2.05, 4.69) is 15.9 Å². The maximum absolute atomic E-state index is 10.9. The van der Waals surface area contributed by atoms with Gasteiger partial charge in [0.2, 0.25) is 0 Å². The van der Waals surface area contributed by atoms with E-state index in [1.165, 1.54) is 0 Å². The maximum Gasteiger partial charge on any atom is 0.348 e. The lowest BCUT2D eigenvalue weighted by molar-refractivity contribution is 0.0703. The van der Waals surface area contributed by atoms with Crippen LogP contribution >= 0.6 is 38.9 Å². The second kappa shape index (κ2) is 4.68. The molecule has 0 aliphatic carbocycles. The van der Waals surface area contributed by atoms with Crippen LogP contribution in [0.1, 0.15) is 9.67 Å². The first kappa shape index (κ1) is 12.4. The van der Waals surface area contributed by atoms with E-state index in [-0.39, 0.29) is 10.6 Å². The summed E-state index contributed by atoms with van der Waals surface area (Å²) in [6.45, 7) is 0. The van der Waals surface area contributed by atoms with Crippen LogP contribution in [-0.4, -0.2) is 11.1 Å². The summed E-state index contributed by atoms with van der Waals surface area (Å²) in [5, 5.41) is 9.48. The lowest BCUT2D eigenvalue weighted by Gasteiger charge is -2.01. The minimum absolute atomic E-state index is 0.138. The topological polar surface area (TPSA) is 63.3 Å². The predicted octanol–water partition coefficient (Wildman–Crippen LogP) is 4.11. The van der Waals surface area contributed by atoms with Crippen LogP contribution in [0.15, 0.2) is 28.7 Å². The molecule has 2 rings (SSSR count). The molecule has 0 spiro atoms. The van der Waals surface area contributed by atoms with Crippen molar-refractivity contribution in [2.45, 2.75) is 0 Å². The van der Waals surface area contributed by atoms with Crippen LogP contribution in [0.4, 0.5) is 5.69 Å². The van der Waals surface area contributed by atoms with E-state index >= 15 is 0 Å². The van der Waals surface area contributed by atoms with Crippen molar-refractivity contribution in [1.29, 1.82) is 0 Å². The van der Waals surface area contributed by atoms with Crippen LogP contribution in [0.5, 0.6) is 0 Å². The van der Waals surface area contributed by atoms with Gasteiger partial charge in [-0.25, -0.2) is 4.79 Å². The molecule has 3 nitrogen and oxygen atoms in total. The first-order chi connectivity index (χ1) is 7.99. The smallest absolute Gasteiger partial charge is 0.348 e. The average Bonchev–Trinajstić information content (AvgIpc) is 2.60. The number of benzene rings is 1. The number of carboxylic acids is 1. The summed E-state index contributed by atoms with van der Waals surface area (Å²) in [4.78, 5) is 11.8. The number of hydrogen-bond acceptors (Lipinski definition) is 3. The van der Waals surface area contributed by atoms with E-state index < -0.39 is 5.97 Å². The van der Waals surface area contributed by atoms with Crippen molar-refractivity contribution in [3.63, 3.8) is 0 Å². The molecule has 2 aromatic rings. The second-order valence-corrected chi connectivity index (χ2v) is 5.70. The summed E-state index contributed by atoms with van der Waals surface area (Å²) < 4.78 is 0.870. The van der Waals surface area contributed by atoms with Crippen molar-refractivity contribution in [3.8, 4) is 10.4 Å². The van der Waals surface area contributed by atoms with Gasteiger partial charge in [0.15, 0.2) is 0 Å². The summed E-state index contributed by atoms with van der Waals surface area (Å²) in [5.41, 5.74) is 6.67. The Morgan fingerprint density at radius 1 is 1.41 bits per heavy atom. The normalized spacial score (nSPS) is 10.5. The molecule has 0 amide bonds. The molecule has 0 atom stereocenters. The zero-order valence-electron chi connectivity index (χ0n) is 8.41. The van der Waals surface area contributed by atoms with E-state index in [1.807, 2.05) is 12.1 Å². The average molecular weight is 333 g/mol. The highest BCUT2D eigenvalue weighted by Gasteiger charge is 2.15. The van der Waals surface area contributed by atoms with Crippen molar-refractivity contribution in [3.05, 3.63) is 38.6 Å². The largest absolute Gasteiger partial charge is 0.477 e. The van der Waals surface area contributed by atoms with Gasteiger partial charge in [0.25, 0.3) is 0 Å². The molecule has 0 unspecified atom stereocenters. The van der Waals surface area contributed by atoms with Crippen LogP contribution in [0.25, 0.3) is 10.4 Å². The fourth-order valence-corrected chi connectivity index (χ4v) is 3.18. The van der Waals surface area contributed by atoms with E-state index in [0.717, 1.165) is 26.3 Å². The van der Waals surface area contributed by atoms with Gasteiger partial charge in [0.1, 0.15) is 4.88 Å². The summed E-state index contributed by atoms with van der Waals surface area (Å²) in [5.74, 6) is -1.02. The summed E-state index contributed by atoms with van der Waals surface area (Å²) in [6, 6.07) is 7.05. The fourth-order valence-electron chi connectivity index (χ4n) is 1.39. The van der Waals surface area contributed by atoms with Gasteiger partial charge in [-0.3, -0.25) is 0 Å². The van der Waals surface area contributed by atoms with Crippen LogP contribution < -0.4 is 5.73 Å². The quantitative estimate of drug-likeness (QED) is 0.870. The number of anilines is 1. The fraction of sp³-hybridized carbons (Fsp3) is 0. The number of carboxylic acid groups (broad SMARTS) is 1. The van der Waals surface area contributed by atoms with E-state index in [4.69, 9.17) is 22.4 Å². The Kier molecular flexibility index (Phi) is 3.42. The lowest BCUT2D eigenvalue weighted by atomic mass is 10.2.